The molecule has 1 N–H and O–H groups in total. The topological polar surface area (TPSA) is 42.0 Å². The quantitative estimate of drug-likeness (QED) is 0.615. The van der Waals surface area contributed by atoms with Crippen LogP contribution in [0.4, 0.5) is 10.1 Å². The zero-order valence-electron chi connectivity index (χ0n) is 16.7. The number of rotatable bonds is 4. The molecule has 5 rings (SSSR count). The zero-order valence-corrected chi connectivity index (χ0v) is 17.5. The predicted molar refractivity (Wildman–Crippen MR) is 119 cm³/mol. The number of benzene rings is 1. The van der Waals surface area contributed by atoms with Gasteiger partial charge in [0.15, 0.2) is 0 Å². The van der Waals surface area contributed by atoms with Gasteiger partial charge in [0, 0.05) is 41.0 Å². The van der Waals surface area contributed by atoms with Crippen molar-refractivity contribution in [3.8, 4) is 0 Å². The summed E-state index contributed by atoms with van der Waals surface area (Å²) in [5, 5.41) is 3.63. The van der Waals surface area contributed by atoms with E-state index in [2.05, 4.69) is 16.4 Å². The Bertz CT molecular complexity index is 1040. The number of aromatic nitrogens is 1. The van der Waals surface area contributed by atoms with Crippen LogP contribution in [0.1, 0.15) is 48.9 Å². The molecule has 3 aliphatic carbocycles. The minimum atomic E-state index is -0.0534. The Balaban J connectivity index is 1.24. The molecule has 3 atom stereocenters. The summed E-state index contributed by atoms with van der Waals surface area (Å²) in [6.45, 7) is 0. The fraction of sp³-hybridized carbons (Fsp3) is 0.360. The van der Waals surface area contributed by atoms with Gasteiger partial charge in [-0.1, -0.05) is 17.7 Å². The second-order valence-electron chi connectivity index (χ2n) is 8.73. The molecule has 1 amide bonds. The van der Waals surface area contributed by atoms with E-state index < -0.39 is 0 Å². The lowest BCUT2D eigenvalue weighted by Crippen LogP contribution is -2.15. The van der Waals surface area contributed by atoms with E-state index in [9.17, 15) is 9.18 Å². The highest BCUT2D eigenvalue weighted by atomic mass is 35.5. The molecule has 0 spiro atoms. The first-order chi connectivity index (χ1) is 14.5. The van der Waals surface area contributed by atoms with Crippen molar-refractivity contribution in [2.45, 2.75) is 38.5 Å². The lowest BCUT2D eigenvalue weighted by molar-refractivity contribution is -0.117. The molecule has 30 heavy (non-hydrogen) atoms. The van der Waals surface area contributed by atoms with Crippen molar-refractivity contribution in [2.24, 2.45) is 17.8 Å². The van der Waals surface area contributed by atoms with Crippen LogP contribution in [0.25, 0.3) is 11.6 Å². The highest BCUT2D eigenvalue weighted by Gasteiger charge is 2.38. The molecule has 0 radical (unpaired) electrons. The number of carbonyl (C=O) groups is 1. The summed E-state index contributed by atoms with van der Waals surface area (Å²) < 4.78 is 13.9. The number of hydrogen-bond acceptors (Lipinski definition) is 2. The van der Waals surface area contributed by atoms with Crippen LogP contribution in [0.2, 0.25) is 5.02 Å². The van der Waals surface area contributed by atoms with E-state index in [4.69, 9.17) is 11.6 Å². The first-order valence-corrected chi connectivity index (χ1v) is 11.0. The molecule has 3 aliphatic rings. The SMILES string of the molecule is O=C(CC1CC2CC(c3ccnc4c3C=C(F)CC4)=C[C@@H]2C1)Nc1ccc(Cl)cc1. The lowest BCUT2D eigenvalue weighted by Gasteiger charge is -2.17. The van der Waals surface area contributed by atoms with Gasteiger partial charge < -0.3 is 5.32 Å². The van der Waals surface area contributed by atoms with E-state index in [1.165, 1.54) is 5.57 Å². The zero-order chi connectivity index (χ0) is 20.7. The van der Waals surface area contributed by atoms with Gasteiger partial charge in [0.25, 0.3) is 0 Å². The third-order valence-electron chi connectivity index (χ3n) is 6.67. The maximum atomic E-state index is 13.9. The van der Waals surface area contributed by atoms with E-state index in [1.54, 1.807) is 18.2 Å². The smallest absolute Gasteiger partial charge is 0.224 e. The van der Waals surface area contributed by atoms with Gasteiger partial charge in [-0.05, 0) is 91.0 Å². The summed E-state index contributed by atoms with van der Waals surface area (Å²) in [5.41, 5.74) is 5.21. The fourth-order valence-electron chi connectivity index (χ4n) is 5.32. The average Bonchev–Trinajstić information content (AvgIpc) is 3.27. The number of pyridine rings is 1. The lowest BCUT2D eigenvalue weighted by atomic mass is 9.90. The Hall–Kier alpha value is -2.46. The van der Waals surface area contributed by atoms with Gasteiger partial charge >= 0.3 is 0 Å². The molecule has 1 aromatic heterocycles. The molecule has 0 aliphatic heterocycles. The highest BCUT2D eigenvalue weighted by molar-refractivity contribution is 6.30. The number of nitrogens with one attached hydrogen (secondary N) is 1. The molecule has 154 valence electrons. The predicted octanol–water partition coefficient (Wildman–Crippen LogP) is 6.45. The normalized spacial score (nSPS) is 24.7. The van der Waals surface area contributed by atoms with Gasteiger partial charge in [0.2, 0.25) is 5.91 Å². The largest absolute Gasteiger partial charge is 0.326 e. The van der Waals surface area contributed by atoms with Crippen molar-refractivity contribution in [1.29, 1.82) is 0 Å². The number of halogens is 2. The van der Waals surface area contributed by atoms with Crippen molar-refractivity contribution in [3.63, 3.8) is 0 Å². The van der Waals surface area contributed by atoms with Crippen molar-refractivity contribution in [2.75, 3.05) is 5.32 Å². The van der Waals surface area contributed by atoms with Gasteiger partial charge in [0.05, 0.1) is 0 Å². The van der Waals surface area contributed by atoms with Crippen LogP contribution < -0.4 is 5.32 Å². The number of hydrogen-bond donors (Lipinski definition) is 1. The molecule has 1 heterocycles. The van der Waals surface area contributed by atoms with Crippen molar-refractivity contribution in [3.05, 3.63) is 70.3 Å². The first-order valence-electron chi connectivity index (χ1n) is 10.7. The second kappa shape index (κ2) is 7.99. The van der Waals surface area contributed by atoms with E-state index >= 15 is 0 Å². The van der Waals surface area contributed by atoms with Crippen LogP contribution in [-0.2, 0) is 11.2 Å². The number of amides is 1. The summed E-state index contributed by atoms with van der Waals surface area (Å²) in [7, 11) is 0. The summed E-state index contributed by atoms with van der Waals surface area (Å²) in [5.74, 6) is 1.51. The Morgan fingerprint density at radius 2 is 2.00 bits per heavy atom. The molecule has 1 saturated carbocycles. The molecular formula is C25H24ClFN2O. The summed E-state index contributed by atoms with van der Waals surface area (Å²) in [4.78, 5) is 16.9. The third kappa shape index (κ3) is 3.93. The van der Waals surface area contributed by atoms with Crippen molar-refractivity contribution >= 4 is 34.8 Å². The second-order valence-corrected chi connectivity index (χ2v) is 9.16. The Morgan fingerprint density at radius 3 is 2.80 bits per heavy atom. The number of anilines is 1. The van der Waals surface area contributed by atoms with Gasteiger partial charge in [-0.15, -0.1) is 0 Å². The number of allylic oxidation sites excluding steroid dienone is 3. The minimum absolute atomic E-state index is 0.0534. The maximum Gasteiger partial charge on any atom is 0.224 e. The molecular weight excluding hydrogens is 399 g/mol. The Kier molecular flexibility index (Phi) is 5.20. The van der Waals surface area contributed by atoms with E-state index in [0.29, 0.717) is 42.0 Å². The van der Waals surface area contributed by atoms with Crippen LogP contribution in [-0.4, -0.2) is 10.9 Å². The summed E-state index contributed by atoms with van der Waals surface area (Å²) in [6, 6.07) is 9.24. The highest BCUT2D eigenvalue weighted by Crippen LogP contribution is 2.50. The van der Waals surface area contributed by atoms with Crippen molar-refractivity contribution in [1.82, 2.24) is 4.98 Å². The minimum Gasteiger partial charge on any atom is -0.326 e. The van der Waals surface area contributed by atoms with Crippen LogP contribution in [0.15, 0.2) is 48.4 Å². The first kappa shape index (κ1) is 19.5. The maximum absolute atomic E-state index is 13.9. The summed E-state index contributed by atoms with van der Waals surface area (Å²) >= 11 is 5.90. The Morgan fingerprint density at radius 1 is 1.17 bits per heavy atom. The van der Waals surface area contributed by atoms with Gasteiger partial charge in [-0.2, -0.15) is 0 Å². The molecule has 5 heteroatoms. The summed E-state index contributed by atoms with van der Waals surface area (Å²) in [6.07, 6.45) is 10.7. The molecule has 2 unspecified atom stereocenters. The number of carbonyl (C=O) groups excluding carboxylic acids is 1. The van der Waals surface area contributed by atoms with Crippen LogP contribution in [0.5, 0.6) is 0 Å². The molecule has 2 aromatic rings. The van der Waals surface area contributed by atoms with E-state index in [-0.39, 0.29) is 11.7 Å². The van der Waals surface area contributed by atoms with Gasteiger partial charge in [-0.25, -0.2) is 4.39 Å². The molecule has 0 bridgehead atoms. The standard InChI is InChI=1S/C25H24ClFN2O/c26-19-1-4-21(5-2-19)29-25(30)11-15-9-16-12-18(13-17(16)10-15)22-7-8-28-24-6-3-20(27)14-23(22)24/h1-2,4-5,7-8,12,14-17H,3,6,9-11,13H2,(H,29,30)/t15?,16-,17?/m0/s1. The van der Waals surface area contributed by atoms with Crippen LogP contribution >= 0.6 is 11.6 Å². The molecule has 1 fully saturated rings. The average molecular weight is 423 g/mol. The monoisotopic (exact) mass is 422 g/mol. The molecule has 0 saturated heterocycles. The third-order valence-corrected chi connectivity index (χ3v) is 6.92. The number of fused-ring (bicyclic) bond motifs is 2. The van der Waals surface area contributed by atoms with E-state index in [1.807, 2.05) is 24.4 Å². The molecule has 1 aromatic carbocycles. The van der Waals surface area contributed by atoms with Crippen LogP contribution in [0, 0.1) is 17.8 Å². The van der Waals surface area contributed by atoms with Crippen LogP contribution in [0.3, 0.4) is 0 Å². The number of aryl methyl sites for hydroxylation is 1. The molecule has 3 nitrogen and oxygen atoms in total. The van der Waals surface area contributed by atoms with E-state index in [0.717, 1.165) is 41.8 Å². The van der Waals surface area contributed by atoms with Crippen molar-refractivity contribution < 1.29 is 9.18 Å². The number of nitrogens with zero attached hydrogens (tertiary/aromatic N) is 1. The van der Waals surface area contributed by atoms with Gasteiger partial charge in [-0.3, -0.25) is 9.78 Å². The Labute approximate surface area is 181 Å². The van der Waals surface area contributed by atoms with Gasteiger partial charge in [0.1, 0.15) is 5.83 Å². The fourth-order valence-corrected chi connectivity index (χ4v) is 5.45.